The van der Waals surface area contributed by atoms with Gasteiger partial charge in [0.15, 0.2) is 23.1 Å². The normalized spacial score (nSPS) is 13.0. The lowest BCUT2D eigenvalue weighted by molar-refractivity contribution is 0.0787. The Balaban J connectivity index is 1.65. The molecule has 1 fully saturated rings. The van der Waals surface area contributed by atoms with Gasteiger partial charge in [-0.15, -0.1) is 0 Å². The number of anilines is 5. The van der Waals surface area contributed by atoms with Crippen LogP contribution in [0.2, 0.25) is 0 Å². The van der Waals surface area contributed by atoms with Crippen molar-refractivity contribution in [1.29, 1.82) is 0 Å². The fourth-order valence-electron chi connectivity index (χ4n) is 3.55. The highest BCUT2D eigenvalue weighted by molar-refractivity contribution is 5.98. The van der Waals surface area contributed by atoms with Gasteiger partial charge in [0.2, 0.25) is 0 Å². The Morgan fingerprint density at radius 1 is 1.15 bits per heavy atom. The molecular weight excluding hydrogens is 424 g/mol. The van der Waals surface area contributed by atoms with Crippen molar-refractivity contribution in [1.82, 2.24) is 25.1 Å². The van der Waals surface area contributed by atoms with Crippen LogP contribution in [0.3, 0.4) is 0 Å². The number of nitrogens with one attached hydrogen (secondary N) is 3. The SMILES string of the molecule is COC(=O)N(C)c1cccc(Nc2nc(Nc3cc(C)[nH]n3)cnc2C(=O)N2CCCC2)c1. The van der Waals surface area contributed by atoms with Crippen LogP contribution in [0, 0.1) is 6.92 Å². The van der Waals surface area contributed by atoms with Crippen LogP contribution in [-0.4, -0.2) is 64.3 Å². The Morgan fingerprint density at radius 3 is 2.64 bits per heavy atom. The Labute approximate surface area is 191 Å². The van der Waals surface area contributed by atoms with Gasteiger partial charge in [-0.05, 0) is 38.0 Å². The maximum Gasteiger partial charge on any atom is 0.413 e. The Morgan fingerprint density at radius 2 is 1.94 bits per heavy atom. The minimum atomic E-state index is -0.489. The van der Waals surface area contributed by atoms with E-state index in [-0.39, 0.29) is 11.6 Å². The molecule has 4 rings (SSSR count). The molecule has 1 aromatic carbocycles. The predicted octanol–water partition coefficient (Wildman–Crippen LogP) is 3.43. The Bertz CT molecular complexity index is 1160. The van der Waals surface area contributed by atoms with E-state index in [0.29, 0.717) is 41.9 Å². The maximum atomic E-state index is 13.1. The molecule has 1 aliphatic rings. The summed E-state index contributed by atoms with van der Waals surface area (Å²) in [6.45, 7) is 3.30. The van der Waals surface area contributed by atoms with Gasteiger partial charge in [-0.1, -0.05) is 6.07 Å². The summed E-state index contributed by atoms with van der Waals surface area (Å²) < 4.78 is 4.78. The number of likely N-dealkylation sites (tertiary alicyclic amines) is 1. The van der Waals surface area contributed by atoms with Crippen molar-refractivity contribution in [2.45, 2.75) is 19.8 Å². The van der Waals surface area contributed by atoms with Crippen LogP contribution in [0.25, 0.3) is 0 Å². The molecule has 0 atom stereocenters. The summed E-state index contributed by atoms with van der Waals surface area (Å²) in [4.78, 5) is 37.2. The molecule has 0 aliphatic carbocycles. The molecule has 3 aromatic rings. The van der Waals surface area contributed by atoms with Gasteiger partial charge in [0.1, 0.15) is 0 Å². The van der Waals surface area contributed by atoms with Crippen LogP contribution in [0.5, 0.6) is 0 Å². The molecule has 1 saturated heterocycles. The number of methoxy groups -OCH3 is 1. The summed E-state index contributed by atoms with van der Waals surface area (Å²) in [5.74, 6) is 1.16. The van der Waals surface area contributed by atoms with Crippen molar-refractivity contribution in [2.75, 3.05) is 42.8 Å². The average Bonchev–Trinajstić information content (AvgIpc) is 3.50. The van der Waals surface area contributed by atoms with Crippen LogP contribution in [0.4, 0.5) is 33.6 Å². The zero-order valence-corrected chi connectivity index (χ0v) is 18.8. The monoisotopic (exact) mass is 450 g/mol. The van der Waals surface area contributed by atoms with Crippen molar-refractivity contribution in [3.8, 4) is 0 Å². The molecule has 2 aromatic heterocycles. The first-order valence-electron chi connectivity index (χ1n) is 10.6. The highest BCUT2D eigenvalue weighted by Gasteiger charge is 2.25. The van der Waals surface area contributed by atoms with Gasteiger partial charge < -0.3 is 20.3 Å². The summed E-state index contributed by atoms with van der Waals surface area (Å²) in [6.07, 6.45) is 2.97. The first-order valence-corrected chi connectivity index (χ1v) is 10.6. The second-order valence-electron chi connectivity index (χ2n) is 7.72. The van der Waals surface area contributed by atoms with Crippen molar-refractivity contribution in [3.05, 3.63) is 47.9 Å². The van der Waals surface area contributed by atoms with E-state index >= 15 is 0 Å². The molecule has 0 radical (unpaired) electrons. The number of carbonyl (C=O) groups is 2. The fraction of sp³-hybridized carbons (Fsp3) is 0.318. The van der Waals surface area contributed by atoms with Crippen molar-refractivity contribution in [3.63, 3.8) is 0 Å². The Kier molecular flexibility index (Phi) is 6.38. The Hall–Kier alpha value is -4.15. The summed E-state index contributed by atoms with van der Waals surface area (Å²) in [7, 11) is 2.94. The highest BCUT2D eigenvalue weighted by atomic mass is 16.5. The van der Waals surface area contributed by atoms with Crippen molar-refractivity contribution >= 4 is 40.8 Å². The number of H-pyrrole nitrogens is 1. The summed E-state index contributed by atoms with van der Waals surface area (Å²) in [6, 6.07) is 8.99. The zero-order valence-electron chi connectivity index (χ0n) is 18.8. The second kappa shape index (κ2) is 9.55. The number of aromatic nitrogens is 4. The first-order chi connectivity index (χ1) is 15.9. The number of aromatic amines is 1. The smallest absolute Gasteiger partial charge is 0.413 e. The topological polar surface area (TPSA) is 128 Å². The molecule has 2 amide bonds. The van der Waals surface area contributed by atoms with E-state index in [2.05, 4.69) is 30.8 Å². The molecule has 11 heteroatoms. The lowest BCUT2D eigenvalue weighted by atomic mass is 10.2. The molecule has 0 saturated carbocycles. The quantitative estimate of drug-likeness (QED) is 0.521. The van der Waals surface area contributed by atoms with E-state index in [0.717, 1.165) is 18.5 Å². The van der Waals surface area contributed by atoms with Crippen molar-refractivity contribution in [2.24, 2.45) is 0 Å². The number of hydrogen-bond donors (Lipinski definition) is 3. The van der Waals surface area contributed by atoms with Crippen LogP contribution in [-0.2, 0) is 4.74 Å². The van der Waals surface area contributed by atoms with E-state index in [1.165, 1.54) is 18.2 Å². The van der Waals surface area contributed by atoms with Gasteiger partial charge in [-0.25, -0.2) is 14.8 Å². The molecule has 172 valence electrons. The van der Waals surface area contributed by atoms with Crippen LogP contribution >= 0.6 is 0 Å². The van der Waals surface area contributed by atoms with Gasteiger partial charge in [0.05, 0.1) is 13.3 Å². The number of aryl methyl sites for hydroxylation is 1. The largest absolute Gasteiger partial charge is 0.452 e. The van der Waals surface area contributed by atoms with E-state index < -0.39 is 6.09 Å². The molecular formula is C22H26N8O3. The number of benzene rings is 1. The maximum absolute atomic E-state index is 13.1. The third-order valence-electron chi connectivity index (χ3n) is 5.28. The number of hydrogen-bond acceptors (Lipinski definition) is 8. The van der Waals surface area contributed by atoms with Gasteiger partial charge in [0.25, 0.3) is 5.91 Å². The van der Waals surface area contributed by atoms with Gasteiger partial charge in [0, 0.05) is 43.3 Å². The number of ether oxygens (including phenoxy) is 1. The number of rotatable bonds is 6. The third kappa shape index (κ3) is 5.03. The molecule has 3 N–H and O–H groups in total. The fourth-order valence-corrected chi connectivity index (χ4v) is 3.55. The standard InChI is InChI=1S/C22H26N8O3/c1-14-11-17(28-27-14)25-18-13-23-19(21(31)30-9-4-5-10-30)20(26-18)24-15-7-6-8-16(12-15)29(2)22(32)33-3/h6-8,11-13H,4-5,9-10H2,1-3H3,(H3,24,25,26,27,28). The first kappa shape index (κ1) is 22.1. The second-order valence-corrected chi connectivity index (χ2v) is 7.72. The van der Waals surface area contributed by atoms with Gasteiger partial charge in [-0.3, -0.25) is 14.8 Å². The summed E-state index contributed by atoms with van der Waals surface area (Å²) in [5, 5.41) is 13.3. The van der Waals surface area contributed by atoms with Crippen LogP contribution in [0.15, 0.2) is 36.5 Å². The minimum Gasteiger partial charge on any atom is -0.452 e. The van der Waals surface area contributed by atoms with E-state index in [4.69, 9.17) is 4.74 Å². The molecule has 0 unspecified atom stereocenters. The lowest BCUT2D eigenvalue weighted by Gasteiger charge is -2.19. The number of amides is 2. The minimum absolute atomic E-state index is 0.174. The zero-order chi connectivity index (χ0) is 23.4. The molecule has 0 spiro atoms. The van der Waals surface area contributed by atoms with E-state index in [1.807, 2.05) is 19.1 Å². The number of carbonyl (C=O) groups excluding carboxylic acids is 2. The van der Waals surface area contributed by atoms with Crippen molar-refractivity contribution < 1.29 is 14.3 Å². The molecule has 0 bridgehead atoms. The molecule has 11 nitrogen and oxygen atoms in total. The summed E-state index contributed by atoms with van der Waals surface area (Å²) in [5.41, 5.74) is 2.39. The van der Waals surface area contributed by atoms with E-state index in [1.54, 1.807) is 30.1 Å². The third-order valence-corrected chi connectivity index (χ3v) is 5.28. The summed E-state index contributed by atoms with van der Waals surface area (Å²) >= 11 is 0. The molecule has 1 aliphatic heterocycles. The molecule has 33 heavy (non-hydrogen) atoms. The van der Waals surface area contributed by atoms with Crippen LogP contribution in [0.1, 0.15) is 29.0 Å². The molecule has 3 heterocycles. The van der Waals surface area contributed by atoms with E-state index in [9.17, 15) is 9.59 Å². The van der Waals surface area contributed by atoms with Crippen LogP contribution < -0.4 is 15.5 Å². The van der Waals surface area contributed by atoms with Gasteiger partial charge >= 0.3 is 6.09 Å². The predicted molar refractivity (Wildman–Crippen MR) is 124 cm³/mol. The average molecular weight is 451 g/mol. The lowest BCUT2D eigenvalue weighted by Crippen LogP contribution is -2.29. The number of nitrogens with zero attached hydrogens (tertiary/aromatic N) is 5. The highest BCUT2D eigenvalue weighted by Crippen LogP contribution is 2.26. The van der Waals surface area contributed by atoms with Gasteiger partial charge in [-0.2, -0.15) is 5.10 Å².